The summed E-state index contributed by atoms with van der Waals surface area (Å²) in [6, 6.07) is 0. The molecule has 0 bridgehead atoms. The van der Waals surface area contributed by atoms with E-state index in [4.69, 9.17) is 9.47 Å². The highest BCUT2D eigenvalue weighted by Crippen LogP contribution is 2.39. The van der Waals surface area contributed by atoms with Gasteiger partial charge < -0.3 is 9.47 Å². The third-order valence-corrected chi connectivity index (χ3v) is 4.57. The van der Waals surface area contributed by atoms with Crippen molar-refractivity contribution in [3.63, 3.8) is 0 Å². The summed E-state index contributed by atoms with van der Waals surface area (Å²) >= 11 is 1.39. The number of rotatable bonds is 4. The lowest BCUT2D eigenvalue weighted by Crippen LogP contribution is -2.39. The second kappa shape index (κ2) is 5.08. The van der Waals surface area contributed by atoms with E-state index in [0.717, 1.165) is 17.7 Å². The second-order valence-corrected chi connectivity index (χ2v) is 6.88. The predicted octanol–water partition coefficient (Wildman–Crippen LogP) is 1.08. The topological polar surface area (TPSA) is 86.8 Å². The highest BCUT2D eigenvalue weighted by molar-refractivity contribution is 7.84. The normalized spacial score (nSPS) is 26.7. The summed E-state index contributed by atoms with van der Waals surface area (Å²) in [5.74, 6) is -0.887. The van der Waals surface area contributed by atoms with Crippen LogP contribution in [0.5, 0.6) is 0 Å². The first kappa shape index (κ1) is 14.8. The zero-order valence-electron chi connectivity index (χ0n) is 11.0. The molecule has 0 unspecified atom stereocenters. The van der Waals surface area contributed by atoms with Gasteiger partial charge in [0.25, 0.3) is 0 Å². The van der Waals surface area contributed by atoms with Gasteiger partial charge in [0.1, 0.15) is 6.10 Å². The number of hydrogen-bond acceptors (Lipinski definition) is 7. The summed E-state index contributed by atoms with van der Waals surface area (Å²) in [5.41, 5.74) is 2.47. The van der Waals surface area contributed by atoms with Crippen molar-refractivity contribution >= 4 is 21.6 Å². The van der Waals surface area contributed by atoms with Gasteiger partial charge >= 0.3 is 10.3 Å². The Balaban J connectivity index is 2.27. The monoisotopic (exact) mass is 308 g/mol. The molecule has 0 spiro atoms. The number of thiazole rings is 1. The van der Waals surface area contributed by atoms with Gasteiger partial charge in [0.05, 0.1) is 23.2 Å². The lowest BCUT2D eigenvalue weighted by Gasteiger charge is -2.16. The summed E-state index contributed by atoms with van der Waals surface area (Å²) in [6.45, 7) is 5.28. The van der Waals surface area contributed by atoms with Crippen LogP contribution in [-0.2, 0) is 24.0 Å². The van der Waals surface area contributed by atoms with Crippen molar-refractivity contribution in [2.75, 3.05) is 7.11 Å². The molecular formula is C10H16N2O5S2. The molecule has 0 amide bonds. The SMILES string of the molecule is COS(=O)(=O)N[C@@H]1OC(C)(C)O[C@@H]1c1scnc1C. The fraction of sp³-hybridized carbons (Fsp3) is 0.700. The molecule has 0 saturated carbocycles. The maximum absolute atomic E-state index is 11.5. The van der Waals surface area contributed by atoms with Gasteiger partial charge in [0, 0.05) is 0 Å². The van der Waals surface area contributed by atoms with E-state index in [1.54, 1.807) is 19.4 Å². The van der Waals surface area contributed by atoms with Crippen LogP contribution in [0.25, 0.3) is 0 Å². The molecule has 9 heteroatoms. The maximum Gasteiger partial charge on any atom is 0.337 e. The van der Waals surface area contributed by atoms with E-state index in [1.807, 2.05) is 6.92 Å². The zero-order chi connectivity index (χ0) is 14.3. The Morgan fingerprint density at radius 3 is 2.68 bits per heavy atom. The molecule has 108 valence electrons. The number of nitrogens with one attached hydrogen (secondary N) is 1. The molecule has 1 aliphatic heterocycles. The smallest absolute Gasteiger partial charge is 0.337 e. The standard InChI is InChI=1S/C10H16N2O5S2/c1-6-8(18-5-11-6)7-9(12-19(13,14)15-4)17-10(2,3)16-7/h5,7,9,12H,1-4H3/t7-,9-/m1/s1. The van der Waals surface area contributed by atoms with Crippen LogP contribution >= 0.6 is 11.3 Å². The third-order valence-electron chi connectivity index (χ3n) is 2.62. The van der Waals surface area contributed by atoms with Gasteiger partial charge in [-0.05, 0) is 20.8 Å². The quantitative estimate of drug-likeness (QED) is 0.895. The highest BCUT2D eigenvalue weighted by Gasteiger charge is 2.45. The van der Waals surface area contributed by atoms with Crippen LogP contribution in [0.2, 0.25) is 0 Å². The van der Waals surface area contributed by atoms with Gasteiger partial charge in [-0.3, -0.25) is 4.18 Å². The molecule has 7 nitrogen and oxygen atoms in total. The Kier molecular flexibility index (Phi) is 3.96. The lowest BCUT2D eigenvalue weighted by atomic mass is 10.2. The first-order chi connectivity index (χ1) is 8.74. The first-order valence-corrected chi connectivity index (χ1v) is 7.86. The van der Waals surface area contributed by atoms with E-state index in [1.165, 1.54) is 11.3 Å². The van der Waals surface area contributed by atoms with Gasteiger partial charge in [0.15, 0.2) is 12.0 Å². The number of ether oxygens (including phenoxy) is 2. The molecule has 19 heavy (non-hydrogen) atoms. The summed E-state index contributed by atoms with van der Waals surface area (Å²) < 4.78 is 41.0. The molecule has 1 aliphatic rings. The predicted molar refractivity (Wildman–Crippen MR) is 68.7 cm³/mol. The minimum atomic E-state index is -3.86. The average molecular weight is 308 g/mol. The molecule has 0 radical (unpaired) electrons. The van der Waals surface area contributed by atoms with Crippen molar-refractivity contribution in [1.29, 1.82) is 0 Å². The second-order valence-electron chi connectivity index (χ2n) is 4.52. The molecule has 1 fully saturated rings. The fourth-order valence-electron chi connectivity index (χ4n) is 1.81. The Labute approximate surface area is 116 Å². The molecule has 1 N–H and O–H groups in total. The number of aryl methyl sites for hydroxylation is 1. The molecular weight excluding hydrogens is 292 g/mol. The molecule has 2 atom stereocenters. The third kappa shape index (κ3) is 3.30. The van der Waals surface area contributed by atoms with Crippen LogP contribution in [0.3, 0.4) is 0 Å². The van der Waals surface area contributed by atoms with Crippen molar-refractivity contribution in [3.05, 3.63) is 16.1 Å². The number of hydrogen-bond donors (Lipinski definition) is 1. The number of aromatic nitrogens is 1. The van der Waals surface area contributed by atoms with Gasteiger partial charge in [-0.1, -0.05) is 0 Å². The molecule has 2 rings (SSSR count). The van der Waals surface area contributed by atoms with Crippen LogP contribution in [-0.4, -0.2) is 32.5 Å². The van der Waals surface area contributed by atoms with Crippen molar-refractivity contribution in [2.24, 2.45) is 0 Å². The Hall–Kier alpha value is -0.580. The Morgan fingerprint density at radius 1 is 1.47 bits per heavy atom. The summed E-state index contributed by atoms with van der Waals surface area (Å²) in [5, 5.41) is 0. The van der Waals surface area contributed by atoms with Gasteiger partial charge in [-0.15, -0.1) is 11.3 Å². The Bertz CT molecular complexity index is 554. The molecule has 1 aromatic heterocycles. The van der Waals surface area contributed by atoms with E-state index in [2.05, 4.69) is 13.9 Å². The van der Waals surface area contributed by atoms with Gasteiger partial charge in [0.2, 0.25) is 0 Å². The summed E-state index contributed by atoms with van der Waals surface area (Å²) in [4.78, 5) is 4.96. The molecule has 0 aromatic carbocycles. The maximum atomic E-state index is 11.5. The summed E-state index contributed by atoms with van der Waals surface area (Å²) in [7, 11) is -2.78. The van der Waals surface area contributed by atoms with Gasteiger partial charge in [-0.2, -0.15) is 13.1 Å². The van der Waals surface area contributed by atoms with E-state index in [9.17, 15) is 8.42 Å². The van der Waals surface area contributed by atoms with E-state index >= 15 is 0 Å². The van der Waals surface area contributed by atoms with Crippen LogP contribution in [0.4, 0.5) is 0 Å². The van der Waals surface area contributed by atoms with Crippen LogP contribution in [0.15, 0.2) is 5.51 Å². The van der Waals surface area contributed by atoms with E-state index < -0.39 is 28.4 Å². The van der Waals surface area contributed by atoms with Crippen molar-refractivity contribution in [1.82, 2.24) is 9.71 Å². The van der Waals surface area contributed by atoms with Crippen molar-refractivity contribution in [2.45, 2.75) is 38.9 Å². The number of nitrogens with zero attached hydrogens (tertiary/aromatic N) is 1. The minimum absolute atomic E-state index is 0.549. The lowest BCUT2D eigenvalue weighted by molar-refractivity contribution is -0.147. The van der Waals surface area contributed by atoms with Gasteiger partial charge in [-0.25, -0.2) is 4.98 Å². The highest BCUT2D eigenvalue weighted by atomic mass is 32.2. The van der Waals surface area contributed by atoms with Crippen molar-refractivity contribution < 1.29 is 22.1 Å². The average Bonchev–Trinajstić information content (AvgIpc) is 2.81. The molecule has 1 aromatic rings. The summed E-state index contributed by atoms with van der Waals surface area (Å²) in [6.07, 6.45) is -1.40. The molecule has 2 heterocycles. The molecule has 1 saturated heterocycles. The zero-order valence-corrected chi connectivity index (χ0v) is 12.7. The van der Waals surface area contributed by atoms with E-state index in [-0.39, 0.29) is 0 Å². The largest absolute Gasteiger partial charge is 0.337 e. The first-order valence-electron chi connectivity index (χ1n) is 5.57. The van der Waals surface area contributed by atoms with Crippen LogP contribution in [0.1, 0.15) is 30.5 Å². The Morgan fingerprint density at radius 2 is 2.16 bits per heavy atom. The minimum Gasteiger partial charge on any atom is -0.337 e. The van der Waals surface area contributed by atoms with Crippen LogP contribution < -0.4 is 4.72 Å². The fourth-order valence-corrected chi connectivity index (χ4v) is 3.22. The van der Waals surface area contributed by atoms with E-state index in [0.29, 0.717) is 0 Å². The molecule has 0 aliphatic carbocycles. The van der Waals surface area contributed by atoms with Crippen LogP contribution in [0, 0.1) is 6.92 Å². The van der Waals surface area contributed by atoms with Crippen molar-refractivity contribution in [3.8, 4) is 0 Å².